The third-order valence-corrected chi connectivity index (χ3v) is 4.97. The fourth-order valence-electron chi connectivity index (χ4n) is 3.32. The zero-order chi connectivity index (χ0) is 22.1. The van der Waals surface area contributed by atoms with Gasteiger partial charge in [0.05, 0.1) is 25.7 Å². The van der Waals surface area contributed by atoms with E-state index in [1.807, 2.05) is 0 Å². The maximum absolute atomic E-state index is 14.4. The summed E-state index contributed by atoms with van der Waals surface area (Å²) in [7, 11) is 1.41. The summed E-state index contributed by atoms with van der Waals surface area (Å²) in [6.45, 7) is -0.794. The quantitative estimate of drug-likeness (QED) is 0.435. The number of pyridine rings is 1. The second kappa shape index (κ2) is 8.46. The average molecular weight is 452 g/mol. The first-order valence-electron chi connectivity index (χ1n) is 9.24. The molecule has 0 bridgehead atoms. The lowest BCUT2D eigenvalue weighted by molar-refractivity contribution is 0.124. The predicted octanol–water partition coefficient (Wildman–Crippen LogP) is 3.63. The van der Waals surface area contributed by atoms with E-state index in [4.69, 9.17) is 16.3 Å². The predicted molar refractivity (Wildman–Crippen MR) is 108 cm³/mol. The van der Waals surface area contributed by atoms with Crippen LogP contribution in [-0.2, 0) is 19.5 Å². The number of aromatic nitrogens is 5. The molecule has 1 aromatic carbocycles. The molecule has 0 unspecified atom stereocenters. The summed E-state index contributed by atoms with van der Waals surface area (Å²) < 4.78 is 47.8. The Labute approximate surface area is 179 Å². The van der Waals surface area contributed by atoms with Gasteiger partial charge in [-0.3, -0.25) is 9.13 Å². The van der Waals surface area contributed by atoms with E-state index in [1.54, 1.807) is 18.2 Å². The largest absolute Gasteiger partial charge is 0.497 e. The van der Waals surface area contributed by atoms with Gasteiger partial charge in [0.25, 0.3) is 6.43 Å². The van der Waals surface area contributed by atoms with Crippen LogP contribution in [-0.4, -0.2) is 37.6 Å². The van der Waals surface area contributed by atoms with Crippen molar-refractivity contribution < 1.29 is 17.9 Å². The fraction of sp³-hybridized carbons (Fsp3) is 0.250. The van der Waals surface area contributed by atoms with Crippen molar-refractivity contribution in [3.8, 4) is 5.75 Å². The van der Waals surface area contributed by atoms with Crippen LogP contribution in [0.15, 0.2) is 41.3 Å². The van der Waals surface area contributed by atoms with Gasteiger partial charge in [0.15, 0.2) is 5.65 Å². The van der Waals surface area contributed by atoms with Gasteiger partial charge in [-0.2, -0.15) is 0 Å². The molecule has 0 atom stereocenters. The number of imidazole rings is 2. The van der Waals surface area contributed by atoms with Crippen LogP contribution in [0.1, 0.15) is 17.1 Å². The number of fused-ring (bicyclic) bond motifs is 1. The van der Waals surface area contributed by atoms with E-state index < -0.39 is 24.5 Å². The molecular weight excluding hydrogens is 435 g/mol. The van der Waals surface area contributed by atoms with Crippen molar-refractivity contribution in [3.63, 3.8) is 0 Å². The highest BCUT2D eigenvalue weighted by Crippen LogP contribution is 2.20. The minimum atomic E-state index is -2.74. The van der Waals surface area contributed by atoms with Crippen molar-refractivity contribution in [1.82, 2.24) is 24.1 Å². The lowest BCUT2D eigenvalue weighted by Crippen LogP contribution is -2.28. The molecule has 3 heterocycles. The molecule has 0 radical (unpaired) electrons. The first-order valence-corrected chi connectivity index (χ1v) is 9.62. The van der Waals surface area contributed by atoms with E-state index in [-0.39, 0.29) is 29.4 Å². The topological polar surface area (TPSA) is 77.7 Å². The maximum Gasteiger partial charge on any atom is 0.328 e. The molecule has 4 rings (SSSR count). The van der Waals surface area contributed by atoms with Crippen LogP contribution in [0.5, 0.6) is 5.75 Å². The Bertz CT molecular complexity index is 1300. The zero-order valence-corrected chi connectivity index (χ0v) is 17.0. The lowest BCUT2D eigenvalue weighted by Gasteiger charge is -2.08. The molecule has 0 aliphatic carbocycles. The Morgan fingerprint density at radius 2 is 2.03 bits per heavy atom. The van der Waals surface area contributed by atoms with Crippen LogP contribution >= 0.6 is 11.6 Å². The molecule has 0 saturated heterocycles. The van der Waals surface area contributed by atoms with Gasteiger partial charge in [-0.25, -0.2) is 27.9 Å². The van der Waals surface area contributed by atoms with Crippen LogP contribution in [0.3, 0.4) is 0 Å². The number of alkyl halides is 2. The number of nitrogens with zero attached hydrogens (tertiary/aromatic N) is 4. The SMILES string of the molecule is COc1ccc(Cc2cn(Cc3nc4nc(Cl)ccc4[nH]3)c(=O)n2CC(F)F)c(F)c1. The molecule has 4 aromatic rings. The molecule has 31 heavy (non-hydrogen) atoms. The van der Waals surface area contributed by atoms with Gasteiger partial charge in [0, 0.05) is 24.4 Å². The third kappa shape index (κ3) is 4.43. The summed E-state index contributed by atoms with van der Waals surface area (Å²) >= 11 is 5.86. The maximum atomic E-state index is 14.4. The van der Waals surface area contributed by atoms with Crippen LogP contribution in [0.4, 0.5) is 13.2 Å². The summed E-state index contributed by atoms with van der Waals surface area (Å²) in [5, 5.41) is 0.273. The van der Waals surface area contributed by atoms with Crippen molar-refractivity contribution in [2.45, 2.75) is 25.9 Å². The van der Waals surface area contributed by atoms with Crippen molar-refractivity contribution in [3.05, 3.63) is 75.1 Å². The van der Waals surface area contributed by atoms with Gasteiger partial charge >= 0.3 is 5.69 Å². The highest BCUT2D eigenvalue weighted by atomic mass is 35.5. The number of hydrogen-bond acceptors (Lipinski definition) is 4. The molecule has 0 amide bonds. The van der Waals surface area contributed by atoms with Crippen LogP contribution in [0.25, 0.3) is 11.2 Å². The number of ether oxygens (including phenoxy) is 1. The summed E-state index contributed by atoms with van der Waals surface area (Å²) in [5.41, 5.74) is 0.869. The molecule has 1 N–H and O–H groups in total. The zero-order valence-electron chi connectivity index (χ0n) is 16.3. The molecule has 162 valence electrons. The van der Waals surface area contributed by atoms with E-state index >= 15 is 0 Å². The molecular formula is C20H17ClF3N5O2. The second-order valence-electron chi connectivity index (χ2n) is 6.86. The molecule has 0 aliphatic heterocycles. The van der Waals surface area contributed by atoms with Crippen molar-refractivity contribution in [1.29, 1.82) is 0 Å². The van der Waals surface area contributed by atoms with Crippen molar-refractivity contribution in [2.24, 2.45) is 0 Å². The Balaban J connectivity index is 1.68. The van der Waals surface area contributed by atoms with Crippen LogP contribution in [0, 0.1) is 5.82 Å². The number of nitrogens with one attached hydrogen (secondary N) is 1. The lowest BCUT2D eigenvalue weighted by atomic mass is 10.1. The van der Waals surface area contributed by atoms with E-state index in [0.29, 0.717) is 22.7 Å². The van der Waals surface area contributed by atoms with Gasteiger partial charge in [-0.1, -0.05) is 17.7 Å². The number of benzene rings is 1. The highest BCUT2D eigenvalue weighted by molar-refractivity contribution is 6.29. The summed E-state index contributed by atoms with van der Waals surface area (Å²) in [4.78, 5) is 24.2. The average Bonchev–Trinajstić information content (AvgIpc) is 3.24. The van der Waals surface area contributed by atoms with Gasteiger partial charge in [-0.15, -0.1) is 0 Å². The molecule has 7 nitrogen and oxygen atoms in total. The number of H-pyrrole nitrogens is 1. The van der Waals surface area contributed by atoms with Crippen molar-refractivity contribution in [2.75, 3.05) is 7.11 Å². The van der Waals surface area contributed by atoms with Crippen LogP contribution < -0.4 is 10.4 Å². The standard InChI is InChI=1S/C20H17ClF3N5O2/c1-31-13-3-2-11(14(22)7-13)6-12-8-28(20(30)29(12)9-17(23)24)10-18-25-15-4-5-16(21)26-19(15)27-18/h2-5,7-8,17H,6,9-10H2,1H3,(H,25,26,27). The molecule has 0 saturated carbocycles. The Morgan fingerprint density at radius 3 is 2.74 bits per heavy atom. The van der Waals surface area contributed by atoms with E-state index in [9.17, 15) is 18.0 Å². The number of rotatable bonds is 7. The summed E-state index contributed by atoms with van der Waals surface area (Å²) in [6.07, 6.45) is -1.35. The van der Waals surface area contributed by atoms with E-state index in [2.05, 4.69) is 15.0 Å². The van der Waals surface area contributed by atoms with Gasteiger partial charge in [0.2, 0.25) is 0 Å². The minimum absolute atomic E-state index is 0.00114. The second-order valence-corrected chi connectivity index (χ2v) is 7.24. The molecule has 3 aromatic heterocycles. The summed E-state index contributed by atoms with van der Waals surface area (Å²) in [5.74, 6) is 0.189. The molecule has 0 spiro atoms. The van der Waals surface area contributed by atoms with E-state index in [0.717, 1.165) is 4.57 Å². The Morgan fingerprint density at radius 1 is 1.23 bits per heavy atom. The highest BCUT2D eigenvalue weighted by Gasteiger charge is 2.18. The van der Waals surface area contributed by atoms with Gasteiger partial charge < -0.3 is 9.72 Å². The van der Waals surface area contributed by atoms with Crippen molar-refractivity contribution >= 4 is 22.8 Å². The Hall–Kier alpha value is -3.27. The first-order chi connectivity index (χ1) is 14.8. The minimum Gasteiger partial charge on any atom is -0.497 e. The first kappa shape index (κ1) is 21.0. The molecule has 0 fully saturated rings. The normalized spacial score (nSPS) is 11.5. The number of hydrogen-bond donors (Lipinski definition) is 1. The third-order valence-electron chi connectivity index (χ3n) is 4.76. The van der Waals surface area contributed by atoms with Gasteiger partial charge in [0.1, 0.15) is 22.5 Å². The van der Waals surface area contributed by atoms with Crippen LogP contribution in [0.2, 0.25) is 5.15 Å². The monoisotopic (exact) mass is 451 g/mol. The smallest absolute Gasteiger partial charge is 0.328 e. The molecule has 11 heteroatoms. The fourth-order valence-corrected chi connectivity index (χ4v) is 3.46. The van der Waals surface area contributed by atoms with Gasteiger partial charge in [-0.05, 0) is 23.8 Å². The number of halogens is 4. The Kier molecular flexibility index (Phi) is 5.73. The molecule has 0 aliphatic rings. The number of methoxy groups -OCH3 is 1. The summed E-state index contributed by atoms with van der Waals surface area (Å²) in [6, 6.07) is 7.56. The van der Waals surface area contributed by atoms with E-state index in [1.165, 1.54) is 30.0 Å². The number of aromatic amines is 1.